The summed E-state index contributed by atoms with van der Waals surface area (Å²) in [7, 11) is 0. The maximum Gasteiger partial charge on any atom is 0.0595 e. The van der Waals surface area contributed by atoms with Gasteiger partial charge >= 0.3 is 0 Å². The second-order valence-electron chi connectivity index (χ2n) is 8.54. The van der Waals surface area contributed by atoms with Crippen molar-refractivity contribution in [3.8, 4) is 0 Å². The number of rotatable bonds is 3. The van der Waals surface area contributed by atoms with Gasteiger partial charge in [-0.3, -0.25) is 0 Å². The van der Waals surface area contributed by atoms with Crippen LogP contribution in [0.4, 0.5) is 11.4 Å². The predicted molar refractivity (Wildman–Crippen MR) is 114 cm³/mol. The molecule has 2 aromatic rings. The molecule has 2 aromatic carbocycles. The molecule has 5 rings (SSSR count). The number of nitrogens with zero attached hydrogens (tertiary/aromatic N) is 1. The van der Waals surface area contributed by atoms with Gasteiger partial charge in [-0.1, -0.05) is 36.2 Å². The van der Waals surface area contributed by atoms with Gasteiger partial charge < -0.3 is 15.5 Å². The first-order valence-corrected chi connectivity index (χ1v) is 10.6. The van der Waals surface area contributed by atoms with Crippen LogP contribution in [0.25, 0.3) is 0 Å². The Bertz CT molecular complexity index is 897. The molecule has 0 unspecified atom stereocenters. The Balaban J connectivity index is 1.47. The van der Waals surface area contributed by atoms with Gasteiger partial charge in [-0.25, -0.2) is 0 Å². The van der Waals surface area contributed by atoms with Gasteiger partial charge in [0.05, 0.1) is 10.0 Å². The Morgan fingerprint density at radius 3 is 2.96 bits per heavy atom. The highest BCUT2D eigenvalue weighted by Gasteiger charge is 2.46. The van der Waals surface area contributed by atoms with Crippen molar-refractivity contribution in [3.63, 3.8) is 0 Å². The Hall–Kier alpha value is -1.42. The second-order valence-corrected chi connectivity index (χ2v) is 9.35. The van der Waals surface area contributed by atoms with E-state index in [2.05, 4.69) is 34.6 Å². The maximum absolute atomic E-state index is 6.17. The average Bonchev–Trinajstić information content (AvgIpc) is 3.04. The lowest BCUT2D eigenvalue weighted by Gasteiger charge is -2.47. The van der Waals surface area contributed by atoms with E-state index >= 15 is 0 Å². The number of aryl methyl sites for hydroxylation is 1. The van der Waals surface area contributed by atoms with Gasteiger partial charge in [0.2, 0.25) is 0 Å². The van der Waals surface area contributed by atoms with Crippen LogP contribution < -0.4 is 15.5 Å². The highest BCUT2D eigenvalue weighted by atomic mass is 35.5. The van der Waals surface area contributed by atoms with Crippen molar-refractivity contribution in [2.45, 2.75) is 32.2 Å². The highest BCUT2D eigenvalue weighted by molar-refractivity contribution is 6.42. The average molecular weight is 402 g/mol. The molecule has 3 aliphatic rings. The van der Waals surface area contributed by atoms with Gasteiger partial charge in [0.25, 0.3) is 0 Å². The number of nitrogens with one attached hydrogen (secondary N) is 2. The van der Waals surface area contributed by atoms with E-state index in [0.717, 1.165) is 25.2 Å². The van der Waals surface area contributed by atoms with Crippen molar-refractivity contribution in [2.75, 3.05) is 36.4 Å². The minimum absolute atomic E-state index is 0.337. The van der Waals surface area contributed by atoms with Crippen molar-refractivity contribution in [1.29, 1.82) is 0 Å². The first-order chi connectivity index (χ1) is 13.0. The number of fused-ring (bicyclic) bond motifs is 2. The first kappa shape index (κ1) is 17.7. The van der Waals surface area contributed by atoms with Crippen molar-refractivity contribution in [3.05, 3.63) is 57.1 Å². The smallest absolute Gasteiger partial charge is 0.0595 e. The van der Waals surface area contributed by atoms with Crippen LogP contribution in [0.1, 0.15) is 36.0 Å². The summed E-state index contributed by atoms with van der Waals surface area (Å²) in [6.45, 7) is 7.78. The summed E-state index contributed by atoms with van der Waals surface area (Å²) in [5.74, 6) is 0.604. The number of hydrogen-bond donors (Lipinski definition) is 2. The van der Waals surface area contributed by atoms with Gasteiger partial charge in [-0.15, -0.1) is 0 Å². The molecule has 3 nitrogen and oxygen atoms in total. The summed E-state index contributed by atoms with van der Waals surface area (Å²) in [4.78, 5) is 2.64. The van der Waals surface area contributed by atoms with Gasteiger partial charge in [-0.05, 0) is 53.8 Å². The molecule has 0 amide bonds. The molecule has 0 aliphatic carbocycles. The summed E-state index contributed by atoms with van der Waals surface area (Å²) >= 11 is 12.2. The van der Waals surface area contributed by atoms with Crippen LogP contribution in [-0.4, -0.2) is 26.2 Å². The van der Waals surface area contributed by atoms with E-state index in [0.29, 0.717) is 21.4 Å². The van der Waals surface area contributed by atoms with Crippen molar-refractivity contribution in [2.24, 2.45) is 5.41 Å². The van der Waals surface area contributed by atoms with Gasteiger partial charge in [0.1, 0.15) is 0 Å². The molecule has 2 atom stereocenters. The number of hydrogen-bond acceptors (Lipinski definition) is 3. The second kappa shape index (κ2) is 6.58. The largest absolute Gasteiger partial charge is 0.381 e. The molecule has 27 heavy (non-hydrogen) atoms. The third kappa shape index (κ3) is 3.00. The van der Waals surface area contributed by atoms with E-state index in [9.17, 15) is 0 Å². The van der Waals surface area contributed by atoms with Gasteiger partial charge in [0.15, 0.2) is 0 Å². The van der Waals surface area contributed by atoms with Crippen molar-refractivity contribution in [1.82, 2.24) is 5.32 Å². The molecule has 0 radical (unpaired) electrons. The fraction of sp³-hybridized carbons (Fsp3) is 0.455. The minimum Gasteiger partial charge on any atom is -0.381 e. The molecule has 142 valence electrons. The molecule has 0 bridgehead atoms. The number of halogens is 2. The first-order valence-electron chi connectivity index (χ1n) is 9.84. The topological polar surface area (TPSA) is 27.3 Å². The molecule has 0 spiro atoms. The van der Waals surface area contributed by atoms with E-state index in [1.807, 2.05) is 18.2 Å². The number of anilines is 2. The fourth-order valence-corrected chi connectivity index (χ4v) is 5.53. The van der Waals surface area contributed by atoms with Crippen LogP contribution in [0, 0.1) is 5.41 Å². The molecular formula is C22H25Cl2N3. The molecule has 2 N–H and O–H groups in total. The molecule has 1 saturated heterocycles. The van der Waals surface area contributed by atoms with Crippen molar-refractivity contribution < 1.29 is 0 Å². The summed E-state index contributed by atoms with van der Waals surface area (Å²) < 4.78 is 0. The predicted octanol–water partition coefficient (Wildman–Crippen LogP) is 5.06. The Labute approximate surface area is 171 Å². The van der Waals surface area contributed by atoms with E-state index in [4.69, 9.17) is 23.2 Å². The van der Waals surface area contributed by atoms with Crippen LogP contribution in [-0.2, 0) is 13.0 Å². The molecule has 1 fully saturated rings. The molecule has 0 aromatic heterocycles. The summed E-state index contributed by atoms with van der Waals surface area (Å²) in [5, 5.41) is 8.48. The minimum atomic E-state index is 0.337. The standard InChI is InChI=1S/C22H25Cl2N3/c1-22-12-25-11-18(22)17-9-16(8-15-3-2-6-27(13-22)21(15)17)26-10-14-4-5-19(23)20(24)7-14/h4-5,7-9,18,25-26H,2-3,6,10-13H2,1H3/t18-,22+/m0/s1. The Morgan fingerprint density at radius 1 is 1.22 bits per heavy atom. The number of benzene rings is 2. The highest BCUT2D eigenvalue weighted by Crippen LogP contribution is 2.51. The SMILES string of the molecule is C[C@]12CNC[C@H]1c1cc(NCc3ccc(Cl)c(Cl)c3)cc3c1N(CCC3)C2. The molecule has 5 heteroatoms. The third-order valence-corrected chi connectivity index (χ3v) is 7.27. The fourth-order valence-electron chi connectivity index (χ4n) is 5.21. The van der Waals surface area contributed by atoms with E-state index in [1.165, 1.54) is 48.4 Å². The summed E-state index contributed by atoms with van der Waals surface area (Å²) in [6, 6.07) is 10.6. The van der Waals surface area contributed by atoms with E-state index < -0.39 is 0 Å². The van der Waals surface area contributed by atoms with Gasteiger partial charge in [-0.2, -0.15) is 0 Å². The Morgan fingerprint density at radius 2 is 2.11 bits per heavy atom. The van der Waals surface area contributed by atoms with E-state index in [-0.39, 0.29) is 0 Å². The lowest BCUT2D eigenvalue weighted by Crippen LogP contribution is -2.47. The van der Waals surface area contributed by atoms with Crippen molar-refractivity contribution >= 4 is 34.6 Å². The monoisotopic (exact) mass is 401 g/mol. The lowest BCUT2D eigenvalue weighted by molar-refractivity contribution is 0.305. The molecule has 3 aliphatic heterocycles. The summed E-state index contributed by atoms with van der Waals surface area (Å²) in [5.41, 5.74) is 7.25. The molecular weight excluding hydrogens is 377 g/mol. The third-order valence-electron chi connectivity index (χ3n) is 6.54. The van der Waals surface area contributed by atoms with Crippen LogP contribution in [0.3, 0.4) is 0 Å². The maximum atomic E-state index is 6.17. The van der Waals surface area contributed by atoms with Crippen LogP contribution in [0.5, 0.6) is 0 Å². The molecule has 0 saturated carbocycles. The zero-order chi connectivity index (χ0) is 18.6. The van der Waals surface area contributed by atoms with Crippen LogP contribution in [0.2, 0.25) is 10.0 Å². The zero-order valence-corrected chi connectivity index (χ0v) is 17.1. The Kier molecular flexibility index (Phi) is 4.30. The van der Waals surface area contributed by atoms with Crippen LogP contribution >= 0.6 is 23.2 Å². The lowest BCUT2D eigenvalue weighted by atomic mass is 9.70. The van der Waals surface area contributed by atoms with Crippen LogP contribution in [0.15, 0.2) is 30.3 Å². The summed E-state index contributed by atoms with van der Waals surface area (Å²) in [6.07, 6.45) is 2.43. The molecule has 3 heterocycles. The normalized spacial score (nSPS) is 25.9. The zero-order valence-electron chi connectivity index (χ0n) is 15.6. The van der Waals surface area contributed by atoms with Gasteiger partial charge in [0, 0.05) is 55.4 Å². The quantitative estimate of drug-likeness (QED) is 0.751. The van der Waals surface area contributed by atoms with E-state index in [1.54, 1.807) is 0 Å².